The van der Waals surface area contributed by atoms with Gasteiger partial charge in [0, 0.05) is 31.7 Å². The molecule has 0 saturated heterocycles. The van der Waals surface area contributed by atoms with Gasteiger partial charge in [0.05, 0.1) is 11.0 Å². The molecule has 1 heterocycles. The van der Waals surface area contributed by atoms with Crippen LogP contribution in [0.2, 0.25) is 0 Å². The molecule has 1 aromatic heterocycles. The van der Waals surface area contributed by atoms with Gasteiger partial charge in [-0.3, -0.25) is 9.59 Å². The Hall–Kier alpha value is -2.88. The summed E-state index contributed by atoms with van der Waals surface area (Å²) in [6.45, 7) is 2.45. The van der Waals surface area contributed by atoms with Crippen LogP contribution in [-0.2, 0) is 20.8 Å². The maximum Gasteiger partial charge on any atom is 1.00 e. The molecule has 0 bridgehead atoms. The third-order valence-electron chi connectivity index (χ3n) is 5.17. The number of amides is 2. The van der Waals surface area contributed by atoms with Gasteiger partial charge in [0.25, 0.3) is 0 Å². The van der Waals surface area contributed by atoms with Gasteiger partial charge in [0.2, 0.25) is 17.8 Å². The molecule has 3 N–H and O–H groups in total. The minimum atomic E-state index is -1.16. The van der Waals surface area contributed by atoms with Gasteiger partial charge < -0.3 is 30.4 Å². The van der Waals surface area contributed by atoms with Crippen LogP contribution in [0.15, 0.2) is 48.5 Å². The van der Waals surface area contributed by atoms with E-state index < -0.39 is 5.97 Å². The molecule has 0 saturated carbocycles. The number of rotatable bonds is 12. The summed E-state index contributed by atoms with van der Waals surface area (Å²) in [4.78, 5) is 44.4. The number of carbonyl (C=O) groups is 3. The zero-order valence-electron chi connectivity index (χ0n) is 19.6. The Balaban J connectivity index is 0.00000408. The molecule has 2 aromatic carbocycles. The van der Waals surface area contributed by atoms with Crippen LogP contribution in [0.25, 0.3) is 11.0 Å². The molecule has 174 valence electrons. The number of unbranched alkanes of at least 4 members (excludes halogenated alkanes) is 1. The van der Waals surface area contributed by atoms with Gasteiger partial charge in [-0.25, -0.2) is 4.98 Å². The van der Waals surface area contributed by atoms with Crippen molar-refractivity contribution in [3.63, 3.8) is 0 Å². The molecular formula is C24H28N5NaO4. The van der Waals surface area contributed by atoms with Crippen molar-refractivity contribution in [2.24, 2.45) is 0 Å². The quantitative estimate of drug-likeness (QED) is 0.219. The van der Waals surface area contributed by atoms with Crippen LogP contribution < -0.4 is 50.2 Å². The van der Waals surface area contributed by atoms with Crippen molar-refractivity contribution in [2.75, 3.05) is 29.9 Å². The Morgan fingerprint density at radius 3 is 2.47 bits per heavy atom. The fourth-order valence-electron chi connectivity index (χ4n) is 3.51. The normalized spacial score (nSPS) is 10.4. The van der Waals surface area contributed by atoms with Crippen LogP contribution in [0.1, 0.15) is 31.7 Å². The summed E-state index contributed by atoms with van der Waals surface area (Å²) >= 11 is 0. The van der Waals surface area contributed by atoms with E-state index in [9.17, 15) is 19.5 Å². The number of fused-ring (bicyclic) bond motifs is 1. The van der Waals surface area contributed by atoms with E-state index in [1.807, 2.05) is 24.3 Å². The Kier molecular flexibility index (Phi) is 11.1. The van der Waals surface area contributed by atoms with E-state index in [1.54, 1.807) is 24.3 Å². The molecule has 0 spiro atoms. The first-order valence-electron chi connectivity index (χ1n) is 10.9. The smallest absolute Gasteiger partial charge is 0.550 e. The summed E-state index contributed by atoms with van der Waals surface area (Å²) in [5.41, 5.74) is 3.10. The largest absolute Gasteiger partial charge is 1.00 e. The Morgan fingerprint density at radius 1 is 1.03 bits per heavy atom. The number of benzene rings is 2. The van der Waals surface area contributed by atoms with E-state index in [2.05, 4.69) is 20.6 Å². The number of carboxylic acid groups (broad SMARTS) is 1. The van der Waals surface area contributed by atoms with Crippen molar-refractivity contribution in [2.45, 2.75) is 32.6 Å². The van der Waals surface area contributed by atoms with E-state index in [0.29, 0.717) is 24.3 Å². The third kappa shape index (κ3) is 8.16. The molecule has 34 heavy (non-hydrogen) atoms. The number of aryl methyl sites for hydroxylation is 1. The minimum absolute atomic E-state index is 0. The molecule has 0 fully saturated rings. The van der Waals surface area contributed by atoms with Gasteiger partial charge in [-0.05, 0) is 49.4 Å². The number of nitrogens with zero attached hydrogens (tertiary/aromatic N) is 2. The van der Waals surface area contributed by atoms with Crippen molar-refractivity contribution in [1.82, 2.24) is 15.3 Å². The minimum Gasteiger partial charge on any atom is -0.550 e. The molecule has 9 nitrogen and oxygen atoms in total. The molecule has 0 aliphatic carbocycles. The summed E-state index contributed by atoms with van der Waals surface area (Å²) in [5.74, 6) is -1.01. The zero-order valence-corrected chi connectivity index (χ0v) is 21.6. The monoisotopic (exact) mass is 473 g/mol. The topological polar surface area (TPSA) is 130 Å². The Morgan fingerprint density at radius 2 is 1.74 bits per heavy atom. The zero-order chi connectivity index (χ0) is 23.6. The summed E-state index contributed by atoms with van der Waals surface area (Å²) in [5, 5.41) is 16.9. The number of aliphatic carboxylic acids is 1. The second-order valence-electron chi connectivity index (χ2n) is 7.69. The van der Waals surface area contributed by atoms with E-state index >= 15 is 0 Å². The maximum atomic E-state index is 12.4. The molecule has 0 aliphatic rings. The number of carboxylic acids is 1. The van der Waals surface area contributed by atoms with Crippen LogP contribution in [0.4, 0.5) is 11.6 Å². The maximum absolute atomic E-state index is 12.4. The Labute approximate surface area is 220 Å². The molecule has 3 aromatic rings. The van der Waals surface area contributed by atoms with Crippen molar-refractivity contribution >= 4 is 40.5 Å². The van der Waals surface area contributed by atoms with Crippen molar-refractivity contribution < 1.29 is 49.0 Å². The molecule has 0 radical (unpaired) electrons. The van der Waals surface area contributed by atoms with Gasteiger partial charge in [-0.2, -0.15) is 0 Å². The molecule has 3 rings (SSSR count). The fraction of sp³-hybridized carbons (Fsp3) is 0.333. The number of aromatic nitrogens is 2. The summed E-state index contributed by atoms with van der Waals surface area (Å²) in [6.07, 6.45) is 1.67. The van der Waals surface area contributed by atoms with Gasteiger partial charge in [-0.1, -0.05) is 30.3 Å². The average molecular weight is 474 g/mol. The van der Waals surface area contributed by atoms with Crippen LogP contribution in [0.3, 0.4) is 0 Å². The number of aromatic amines is 1. The van der Waals surface area contributed by atoms with Crippen LogP contribution in [-0.4, -0.2) is 47.4 Å². The first-order chi connectivity index (χ1) is 15.9. The summed E-state index contributed by atoms with van der Waals surface area (Å²) < 4.78 is 0. The predicted octanol–water partition coefficient (Wildman–Crippen LogP) is -1.39. The van der Waals surface area contributed by atoms with Gasteiger partial charge in [0.15, 0.2) is 0 Å². The second-order valence-corrected chi connectivity index (χ2v) is 7.69. The van der Waals surface area contributed by atoms with Crippen LogP contribution >= 0.6 is 0 Å². The Bertz CT molecular complexity index is 1080. The van der Waals surface area contributed by atoms with Crippen LogP contribution in [0.5, 0.6) is 0 Å². The molecule has 0 aliphatic heterocycles. The third-order valence-corrected chi connectivity index (χ3v) is 5.17. The number of hydrogen-bond acceptors (Lipinski definition) is 6. The SMILES string of the molecule is CC(=O)N(CC(=O)NCCCCNc1nc2ccccc2[nH]1)c1ccccc1CCC(=O)[O-].[Na+]. The summed E-state index contributed by atoms with van der Waals surface area (Å²) in [6, 6.07) is 14.8. The number of H-pyrrole nitrogens is 1. The predicted molar refractivity (Wildman–Crippen MR) is 125 cm³/mol. The van der Waals surface area contributed by atoms with Crippen molar-refractivity contribution in [3.8, 4) is 0 Å². The molecule has 0 unspecified atom stereocenters. The first-order valence-corrected chi connectivity index (χ1v) is 10.9. The van der Waals surface area contributed by atoms with Crippen LogP contribution in [0, 0.1) is 0 Å². The van der Waals surface area contributed by atoms with Gasteiger partial charge >= 0.3 is 29.6 Å². The van der Waals surface area contributed by atoms with Gasteiger partial charge in [0.1, 0.15) is 6.54 Å². The molecule has 0 atom stereocenters. The fourth-order valence-corrected chi connectivity index (χ4v) is 3.51. The molecule has 10 heteroatoms. The average Bonchev–Trinajstić information content (AvgIpc) is 3.21. The number of carbonyl (C=O) groups excluding carboxylic acids is 3. The summed E-state index contributed by atoms with van der Waals surface area (Å²) in [7, 11) is 0. The first kappa shape index (κ1) is 27.4. The second kappa shape index (κ2) is 13.7. The van der Waals surface area contributed by atoms with E-state index in [4.69, 9.17) is 0 Å². The van der Waals surface area contributed by atoms with E-state index in [1.165, 1.54) is 11.8 Å². The van der Waals surface area contributed by atoms with Crippen molar-refractivity contribution in [1.29, 1.82) is 0 Å². The van der Waals surface area contributed by atoms with Gasteiger partial charge in [-0.15, -0.1) is 0 Å². The molecular weight excluding hydrogens is 445 g/mol. The number of nitrogens with one attached hydrogen (secondary N) is 3. The van der Waals surface area contributed by atoms with E-state index in [-0.39, 0.29) is 60.8 Å². The standard InChI is InChI=1S/C24H29N5O4.Na/c1-17(30)29(21-11-5-2-8-18(21)12-13-23(32)33)16-22(31)25-14-6-7-15-26-24-27-19-9-3-4-10-20(19)28-24;/h2-5,8-11H,6-7,12-16H2,1H3,(H,25,31)(H,32,33)(H2,26,27,28);/q;+1/p-1. The molecule has 2 amide bonds. The van der Waals surface area contributed by atoms with E-state index in [0.717, 1.165) is 29.8 Å². The number of hydrogen-bond donors (Lipinski definition) is 3. The number of para-hydroxylation sites is 3. The number of imidazole rings is 1. The number of anilines is 2. The van der Waals surface area contributed by atoms with Crippen molar-refractivity contribution in [3.05, 3.63) is 54.1 Å².